The minimum atomic E-state index is -0.430. The van der Waals surface area contributed by atoms with Crippen LogP contribution in [0.5, 0.6) is 0 Å². The Morgan fingerprint density at radius 1 is 1.14 bits per heavy atom. The van der Waals surface area contributed by atoms with Gasteiger partial charge in [0, 0.05) is 11.2 Å². The summed E-state index contributed by atoms with van der Waals surface area (Å²) in [5, 5.41) is 14.7. The number of anilines is 1. The minimum absolute atomic E-state index is 0.405. The van der Waals surface area contributed by atoms with Gasteiger partial charge in [-0.25, -0.2) is 4.79 Å². The molecule has 0 unspecified atom stereocenters. The Labute approximate surface area is 127 Å². The molecule has 21 heavy (non-hydrogen) atoms. The van der Waals surface area contributed by atoms with E-state index in [9.17, 15) is 4.79 Å². The van der Waals surface area contributed by atoms with E-state index in [2.05, 4.69) is 10.6 Å². The molecule has 0 atom stereocenters. The van der Waals surface area contributed by atoms with Gasteiger partial charge in [0.05, 0.1) is 11.3 Å². The normalized spacial score (nSPS) is 10.1. The molecule has 2 aromatic carbocycles. The van der Waals surface area contributed by atoms with E-state index in [4.69, 9.17) is 16.9 Å². The summed E-state index contributed by atoms with van der Waals surface area (Å²) < 4.78 is 0. The molecule has 0 aliphatic heterocycles. The third-order valence-corrected chi connectivity index (χ3v) is 3.02. The van der Waals surface area contributed by atoms with Crippen molar-refractivity contribution < 1.29 is 4.79 Å². The van der Waals surface area contributed by atoms with Gasteiger partial charge in [0.15, 0.2) is 0 Å². The highest BCUT2D eigenvalue weighted by Gasteiger charge is 2.03. The van der Waals surface area contributed by atoms with Crippen LogP contribution < -0.4 is 10.6 Å². The zero-order valence-electron chi connectivity index (χ0n) is 11.0. The number of nitrogens with one attached hydrogen (secondary N) is 2. The van der Waals surface area contributed by atoms with Gasteiger partial charge in [-0.15, -0.1) is 0 Å². The summed E-state index contributed by atoms with van der Waals surface area (Å²) in [6, 6.07) is 15.7. The molecule has 0 aliphatic carbocycles. The quantitative estimate of drug-likeness (QED) is 0.899. The Morgan fingerprint density at radius 2 is 1.86 bits per heavy atom. The van der Waals surface area contributed by atoms with E-state index in [1.54, 1.807) is 36.4 Å². The summed E-state index contributed by atoms with van der Waals surface area (Å²) in [6.45, 7) is 0. The van der Waals surface area contributed by atoms with Crippen LogP contribution in [0.2, 0.25) is 5.02 Å². The predicted molar refractivity (Wildman–Crippen MR) is 83.8 cm³/mol. The first-order chi connectivity index (χ1) is 10.2. The standard InChI is InChI=1S/C16H12ClN3O/c17-14-7-3-1-5-12(14)9-10-19-16(21)20-15-8-4-2-6-13(15)11-18/h1-10H,(H2,19,20,21)/b10-9+. The monoisotopic (exact) mass is 297 g/mol. The van der Waals surface area contributed by atoms with Gasteiger partial charge in [-0.2, -0.15) is 5.26 Å². The van der Waals surface area contributed by atoms with E-state index in [1.807, 2.05) is 24.3 Å². The maximum Gasteiger partial charge on any atom is 0.323 e. The molecule has 0 bridgehead atoms. The smallest absolute Gasteiger partial charge is 0.314 e. The molecular weight excluding hydrogens is 286 g/mol. The zero-order valence-corrected chi connectivity index (χ0v) is 11.8. The van der Waals surface area contributed by atoms with Gasteiger partial charge < -0.3 is 10.6 Å². The number of hydrogen-bond acceptors (Lipinski definition) is 2. The van der Waals surface area contributed by atoms with Gasteiger partial charge in [0.1, 0.15) is 6.07 Å². The van der Waals surface area contributed by atoms with Crippen molar-refractivity contribution in [3.8, 4) is 6.07 Å². The molecule has 0 aliphatic rings. The number of carbonyl (C=O) groups excluding carboxylic acids is 1. The van der Waals surface area contributed by atoms with Crippen molar-refractivity contribution in [3.05, 3.63) is 70.9 Å². The molecule has 2 rings (SSSR count). The van der Waals surface area contributed by atoms with Crippen molar-refractivity contribution in [3.63, 3.8) is 0 Å². The minimum Gasteiger partial charge on any atom is -0.314 e. The van der Waals surface area contributed by atoms with Crippen LogP contribution in [0.25, 0.3) is 6.08 Å². The molecule has 5 heteroatoms. The summed E-state index contributed by atoms with van der Waals surface area (Å²) in [7, 11) is 0. The molecule has 2 amide bonds. The van der Waals surface area contributed by atoms with Crippen molar-refractivity contribution >= 4 is 29.4 Å². The second-order valence-corrected chi connectivity index (χ2v) is 4.52. The molecule has 2 N–H and O–H groups in total. The topological polar surface area (TPSA) is 64.9 Å². The van der Waals surface area contributed by atoms with E-state index in [0.717, 1.165) is 5.56 Å². The van der Waals surface area contributed by atoms with Gasteiger partial charge in [0.2, 0.25) is 0 Å². The predicted octanol–water partition coefficient (Wildman–Crippen LogP) is 4.00. The highest BCUT2D eigenvalue weighted by atomic mass is 35.5. The van der Waals surface area contributed by atoms with Gasteiger partial charge in [-0.1, -0.05) is 41.9 Å². The second-order valence-electron chi connectivity index (χ2n) is 4.11. The van der Waals surface area contributed by atoms with Gasteiger partial charge >= 0.3 is 6.03 Å². The van der Waals surface area contributed by atoms with E-state index < -0.39 is 6.03 Å². The molecular formula is C16H12ClN3O. The molecule has 0 saturated heterocycles. The van der Waals surface area contributed by atoms with Crippen LogP contribution >= 0.6 is 11.6 Å². The number of benzene rings is 2. The summed E-state index contributed by atoms with van der Waals surface area (Å²) in [4.78, 5) is 11.7. The average molecular weight is 298 g/mol. The molecule has 4 nitrogen and oxygen atoms in total. The van der Waals surface area contributed by atoms with Crippen LogP contribution in [-0.2, 0) is 0 Å². The van der Waals surface area contributed by atoms with E-state index in [1.165, 1.54) is 6.20 Å². The third kappa shape index (κ3) is 4.10. The molecule has 0 spiro atoms. The van der Waals surface area contributed by atoms with Gasteiger partial charge in [-0.05, 0) is 29.8 Å². The molecule has 0 radical (unpaired) electrons. The van der Waals surface area contributed by atoms with E-state index in [0.29, 0.717) is 16.3 Å². The molecule has 0 saturated carbocycles. The number of nitriles is 1. The summed E-state index contributed by atoms with van der Waals surface area (Å²) >= 11 is 5.99. The number of nitrogens with zero attached hydrogens (tertiary/aromatic N) is 1. The number of hydrogen-bond donors (Lipinski definition) is 2. The molecule has 0 aromatic heterocycles. The first-order valence-corrected chi connectivity index (χ1v) is 6.56. The first kappa shape index (κ1) is 14.6. The van der Waals surface area contributed by atoms with Gasteiger partial charge in [0.25, 0.3) is 0 Å². The largest absolute Gasteiger partial charge is 0.323 e. The lowest BCUT2D eigenvalue weighted by atomic mass is 10.2. The number of halogens is 1. The van der Waals surface area contributed by atoms with Crippen LogP contribution in [0.1, 0.15) is 11.1 Å². The fourth-order valence-electron chi connectivity index (χ4n) is 1.67. The van der Waals surface area contributed by atoms with Crippen molar-refractivity contribution in [1.82, 2.24) is 5.32 Å². The molecule has 104 valence electrons. The maximum absolute atomic E-state index is 11.7. The van der Waals surface area contributed by atoms with E-state index in [-0.39, 0.29) is 0 Å². The SMILES string of the molecule is N#Cc1ccccc1NC(=O)N/C=C/c1ccccc1Cl. The van der Waals surface area contributed by atoms with E-state index >= 15 is 0 Å². The van der Waals surface area contributed by atoms with Crippen molar-refractivity contribution in [2.75, 3.05) is 5.32 Å². The zero-order chi connectivity index (χ0) is 15.1. The number of urea groups is 1. The van der Waals surface area contributed by atoms with Crippen LogP contribution in [0.4, 0.5) is 10.5 Å². The Hall–Kier alpha value is -2.77. The lowest BCUT2D eigenvalue weighted by Crippen LogP contribution is -2.24. The lowest BCUT2D eigenvalue weighted by molar-refractivity contribution is 0.255. The van der Waals surface area contributed by atoms with Crippen molar-refractivity contribution in [1.29, 1.82) is 5.26 Å². The number of rotatable bonds is 3. The Balaban J connectivity index is 1.97. The second kappa shape index (κ2) is 7.13. The van der Waals surface area contributed by atoms with Crippen LogP contribution in [0, 0.1) is 11.3 Å². The number of carbonyl (C=O) groups is 1. The lowest BCUT2D eigenvalue weighted by Gasteiger charge is -2.06. The highest BCUT2D eigenvalue weighted by molar-refractivity contribution is 6.32. The fraction of sp³-hybridized carbons (Fsp3) is 0. The van der Waals surface area contributed by atoms with Gasteiger partial charge in [-0.3, -0.25) is 0 Å². The van der Waals surface area contributed by atoms with Crippen molar-refractivity contribution in [2.24, 2.45) is 0 Å². The Morgan fingerprint density at radius 3 is 2.62 bits per heavy atom. The number of amides is 2. The summed E-state index contributed by atoms with van der Waals surface area (Å²) in [5.74, 6) is 0. The highest BCUT2D eigenvalue weighted by Crippen LogP contribution is 2.16. The fourth-order valence-corrected chi connectivity index (χ4v) is 1.86. The Kier molecular flexibility index (Phi) is 4.97. The molecule has 2 aromatic rings. The summed E-state index contributed by atoms with van der Waals surface area (Å²) in [6.07, 6.45) is 3.18. The van der Waals surface area contributed by atoms with Crippen LogP contribution in [0.3, 0.4) is 0 Å². The number of para-hydroxylation sites is 1. The maximum atomic E-state index is 11.7. The summed E-state index contributed by atoms with van der Waals surface area (Å²) in [5.41, 5.74) is 1.67. The Bertz CT molecular complexity index is 719. The van der Waals surface area contributed by atoms with Crippen molar-refractivity contribution in [2.45, 2.75) is 0 Å². The van der Waals surface area contributed by atoms with Crippen LogP contribution in [-0.4, -0.2) is 6.03 Å². The third-order valence-electron chi connectivity index (χ3n) is 2.68. The van der Waals surface area contributed by atoms with Crippen LogP contribution in [0.15, 0.2) is 54.7 Å². The average Bonchev–Trinajstić information content (AvgIpc) is 2.50. The molecule has 0 fully saturated rings. The first-order valence-electron chi connectivity index (χ1n) is 6.18. The molecule has 0 heterocycles.